The van der Waals surface area contributed by atoms with E-state index in [1.54, 1.807) is 11.3 Å². The molecule has 16 heavy (non-hydrogen) atoms. The van der Waals surface area contributed by atoms with Crippen molar-refractivity contribution in [3.8, 4) is 0 Å². The lowest BCUT2D eigenvalue weighted by Crippen LogP contribution is -2.39. The summed E-state index contributed by atoms with van der Waals surface area (Å²) in [6.45, 7) is 4.10. The Morgan fingerprint density at radius 3 is 3.12 bits per heavy atom. The Morgan fingerprint density at radius 2 is 2.50 bits per heavy atom. The third kappa shape index (κ3) is 3.08. The molecule has 2 rings (SSSR count). The first-order valence-electron chi connectivity index (χ1n) is 5.66. The zero-order chi connectivity index (χ0) is 11.5. The van der Waals surface area contributed by atoms with Crippen LogP contribution in [0, 0.1) is 5.92 Å². The summed E-state index contributed by atoms with van der Waals surface area (Å²) < 4.78 is 1.08. The molecule has 0 N–H and O–H groups in total. The normalized spacial score (nSPS) is 21.1. The minimum atomic E-state index is 0.279. The molecule has 1 atom stereocenters. The molecule has 1 amide bonds. The van der Waals surface area contributed by atoms with E-state index >= 15 is 0 Å². The Morgan fingerprint density at radius 1 is 1.69 bits per heavy atom. The first-order chi connectivity index (χ1) is 7.65. The van der Waals surface area contributed by atoms with Crippen LogP contribution in [0.4, 0.5) is 0 Å². The Bertz CT molecular complexity index is 377. The van der Waals surface area contributed by atoms with Crippen LogP contribution < -0.4 is 0 Å². The fourth-order valence-electron chi connectivity index (χ4n) is 2.12. The summed E-state index contributed by atoms with van der Waals surface area (Å²) >= 11 is 5.06. The second kappa shape index (κ2) is 5.32. The molecular weight excluding hydrogens is 286 g/mol. The molecule has 1 aliphatic rings. The summed E-state index contributed by atoms with van der Waals surface area (Å²) in [6, 6.07) is 2.04. The van der Waals surface area contributed by atoms with Crippen LogP contribution >= 0.6 is 27.3 Å². The average Bonchev–Trinajstić information content (AvgIpc) is 2.64. The van der Waals surface area contributed by atoms with Gasteiger partial charge >= 0.3 is 0 Å². The smallest absolute Gasteiger partial charge is 0.227 e. The van der Waals surface area contributed by atoms with Gasteiger partial charge in [0.25, 0.3) is 0 Å². The van der Waals surface area contributed by atoms with E-state index in [2.05, 4.69) is 22.9 Å². The van der Waals surface area contributed by atoms with Gasteiger partial charge in [-0.15, -0.1) is 11.3 Å². The maximum atomic E-state index is 12.0. The second-order valence-electron chi connectivity index (χ2n) is 4.50. The lowest BCUT2D eigenvalue weighted by molar-refractivity contribution is -0.132. The molecule has 4 heteroatoms. The van der Waals surface area contributed by atoms with Gasteiger partial charge in [0.2, 0.25) is 5.91 Å². The van der Waals surface area contributed by atoms with Crippen LogP contribution in [0.25, 0.3) is 0 Å². The maximum Gasteiger partial charge on any atom is 0.227 e. The number of nitrogens with zero attached hydrogens (tertiary/aromatic N) is 1. The third-order valence-corrected chi connectivity index (χ3v) is 4.65. The molecule has 2 nitrogen and oxygen atoms in total. The monoisotopic (exact) mass is 301 g/mol. The van der Waals surface area contributed by atoms with Gasteiger partial charge in [-0.2, -0.15) is 0 Å². The number of hydrogen-bond donors (Lipinski definition) is 0. The van der Waals surface area contributed by atoms with Gasteiger partial charge in [-0.05, 0) is 40.8 Å². The number of carbonyl (C=O) groups excluding carboxylic acids is 1. The summed E-state index contributed by atoms with van der Waals surface area (Å²) in [6.07, 6.45) is 2.97. The highest BCUT2D eigenvalue weighted by molar-refractivity contribution is 9.10. The predicted molar refractivity (Wildman–Crippen MR) is 70.7 cm³/mol. The first-order valence-corrected chi connectivity index (χ1v) is 7.33. The maximum absolute atomic E-state index is 12.0. The van der Waals surface area contributed by atoms with Crippen LogP contribution in [0.15, 0.2) is 15.9 Å². The van der Waals surface area contributed by atoms with Crippen molar-refractivity contribution >= 4 is 33.2 Å². The van der Waals surface area contributed by atoms with Crippen molar-refractivity contribution < 1.29 is 4.79 Å². The quantitative estimate of drug-likeness (QED) is 0.821. The van der Waals surface area contributed by atoms with Crippen LogP contribution in [0.3, 0.4) is 0 Å². The van der Waals surface area contributed by atoms with E-state index in [-0.39, 0.29) is 5.91 Å². The van der Waals surface area contributed by atoms with Crippen LogP contribution in [-0.2, 0) is 11.2 Å². The summed E-state index contributed by atoms with van der Waals surface area (Å²) in [7, 11) is 0. The summed E-state index contributed by atoms with van der Waals surface area (Å²) in [4.78, 5) is 15.2. The highest BCUT2D eigenvalue weighted by Gasteiger charge is 2.21. The molecule has 1 aliphatic heterocycles. The molecule has 1 saturated heterocycles. The van der Waals surface area contributed by atoms with Crippen LogP contribution in [0.2, 0.25) is 0 Å². The Kier molecular flexibility index (Phi) is 4.03. The van der Waals surface area contributed by atoms with Crippen molar-refractivity contribution in [2.24, 2.45) is 5.92 Å². The van der Waals surface area contributed by atoms with Crippen molar-refractivity contribution in [2.75, 3.05) is 13.1 Å². The molecule has 1 aromatic heterocycles. The number of thiophene rings is 1. The fraction of sp³-hybridized carbons (Fsp3) is 0.583. The number of piperidine rings is 1. The van der Waals surface area contributed by atoms with E-state index in [0.29, 0.717) is 12.3 Å². The Labute approximate surface area is 109 Å². The number of amides is 1. The van der Waals surface area contributed by atoms with Gasteiger partial charge < -0.3 is 4.90 Å². The Balaban J connectivity index is 1.92. The predicted octanol–water partition coefficient (Wildman–Crippen LogP) is 3.31. The first kappa shape index (κ1) is 12.1. The molecule has 2 heterocycles. The lowest BCUT2D eigenvalue weighted by Gasteiger charge is -2.30. The van der Waals surface area contributed by atoms with Gasteiger partial charge in [0, 0.05) is 27.8 Å². The van der Waals surface area contributed by atoms with Gasteiger partial charge in [-0.25, -0.2) is 0 Å². The molecule has 1 aromatic rings. The molecule has 0 aliphatic carbocycles. The molecule has 88 valence electrons. The van der Waals surface area contributed by atoms with Gasteiger partial charge in [-0.3, -0.25) is 4.79 Å². The van der Waals surface area contributed by atoms with Crippen molar-refractivity contribution in [1.29, 1.82) is 0 Å². The van der Waals surface area contributed by atoms with Gasteiger partial charge in [-0.1, -0.05) is 6.92 Å². The second-order valence-corrected chi connectivity index (χ2v) is 6.41. The zero-order valence-electron chi connectivity index (χ0n) is 9.41. The van der Waals surface area contributed by atoms with Gasteiger partial charge in [0.15, 0.2) is 0 Å². The van der Waals surface area contributed by atoms with Crippen molar-refractivity contribution in [3.05, 3.63) is 20.8 Å². The number of carbonyl (C=O) groups is 1. The SMILES string of the molecule is CC1CCCN(C(=O)Cc2cc(Br)cs2)C1. The largest absolute Gasteiger partial charge is 0.342 e. The molecule has 0 bridgehead atoms. The van der Waals surface area contributed by atoms with E-state index in [1.165, 1.54) is 6.42 Å². The van der Waals surface area contributed by atoms with E-state index in [0.717, 1.165) is 28.9 Å². The summed E-state index contributed by atoms with van der Waals surface area (Å²) in [5.41, 5.74) is 0. The highest BCUT2D eigenvalue weighted by atomic mass is 79.9. The van der Waals surface area contributed by atoms with Crippen LogP contribution in [-0.4, -0.2) is 23.9 Å². The standard InChI is InChI=1S/C12H16BrNOS/c1-9-3-2-4-14(7-9)12(15)6-11-5-10(13)8-16-11/h5,8-9H,2-4,6-7H2,1H3. The zero-order valence-corrected chi connectivity index (χ0v) is 11.8. The van der Waals surface area contributed by atoms with Gasteiger partial charge in [0.1, 0.15) is 0 Å². The molecule has 0 radical (unpaired) electrons. The Hall–Kier alpha value is -0.350. The van der Waals surface area contributed by atoms with Crippen LogP contribution in [0.1, 0.15) is 24.6 Å². The van der Waals surface area contributed by atoms with E-state index in [4.69, 9.17) is 0 Å². The number of hydrogen-bond acceptors (Lipinski definition) is 2. The summed E-state index contributed by atoms with van der Waals surface area (Å²) in [5, 5.41) is 2.03. The third-order valence-electron chi connectivity index (χ3n) is 2.96. The van der Waals surface area contributed by atoms with Crippen molar-refractivity contribution in [3.63, 3.8) is 0 Å². The molecule has 1 fully saturated rings. The molecule has 1 unspecified atom stereocenters. The highest BCUT2D eigenvalue weighted by Crippen LogP contribution is 2.22. The average molecular weight is 302 g/mol. The lowest BCUT2D eigenvalue weighted by atomic mass is 10.00. The minimum Gasteiger partial charge on any atom is -0.342 e. The number of likely N-dealkylation sites (tertiary alicyclic amines) is 1. The number of rotatable bonds is 2. The topological polar surface area (TPSA) is 20.3 Å². The molecule has 0 spiro atoms. The fourth-order valence-corrected chi connectivity index (χ4v) is 3.57. The van der Waals surface area contributed by atoms with Crippen molar-refractivity contribution in [1.82, 2.24) is 4.90 Å². The van der Waals surface area contributed by atoms with E-state index in [1.807, 2.05) is 16.3 Å². The minimum absolute atomic E-state index is 0.279. The van der Waals surface area contributed by atoms with E-state index < -0.39 is 0 Å². The molecule has 0 aromatic carbocycles. The summed E-state index contributed by atoms with van der Waals surface area (Å²) in [5.74, 6) is 0.939. The molecule has 0 saturated carbocycles. The van der Waals surface area contributed by atoms with Crippen molar-refractivity contribution in [2.45, 2.75) is 26.2 Å². The molecular formula is C12H16BrNOS. The van der Waals surface area contributed by atoms with Crippen LogP contribution in [0.5, 0.6) is 0 Å². The number of halogens is 1. The van der Waals surface area contributed by atoms with Gasteiger partial charge in [0.05, 0.1) is 6.42 Å². The van der Waals surface area contributed by atoms with E-state index in [9.17, 15) is 4.79 Å².